The lowest BCUT2D eigenvalue weighted by atomic mass is 10.1. The predicted octanol–water partition coefficient (Wildman–Crippen LogP) is 1.22. The first kappa shape index (κ1) is 15.1. The number of halogens is 2. The Bertz CT molecular complexity index is 415. The molecule has 0 fully saturated rings. The number of amides is 1. The topological polar surface area (TPSA) is 64.3 Å². The molecule has 0 radical (unpaired) electrons. The van der Waals surface area contributed by atoms with Crippen LogP contribution in [0.1, 0.15) is 5.56 Å². The number of carbonyl (C=O) groups is 1. The minimum atomic E-state index is -0.657. The van der Waals surface area contributed by atoms with Crippen molar-refractivity contribution >= 4 is 21.8 Å². The van der Waals surface area contributed by atoms with Crippen molar-refractivity contribution in [2.75, 3.05) is 20.3 Å². The van der Waals surface area contributed by atoms with Crippen LogP contribution in [-0.2, 0) is 16.0 Å². The standard InChI is InChI=1S/C12H16BrFN2O2/c1-18-7-11(15)12(17)16-5-4-8-2-3-10(14)9(13)6-8/h2-3,6,11H,4-5,7,15H2,1H3,(H,16,17). The van der Waals surface area contributed by atoms with Crippen molar-refractivity contribution in [3.63, 3.8) is 0 Å². The van der Waals surface area contributed by atoms with Gasteiger partial charge in [0.25, 0.3) is 0 Å². The Balaban J connectivity index is 2.37. The van der Waals surface area contributed by atoms with Gasteiger partial charge in [0.05, 0.1) is 11.1 Å². The maximum absolute atomic E-state index is 13.0. The van der Waals surface area contributed by atoms with Crippen LogP contribution in [0.5, 0.6) is 0 Å². The number of nitrogens with two attached hydrogens (primary N) is 1. The Morgan fingerprint density at radius 3 is 2.94 bits per heavy atom. The molecular weight excluding hydrogens is 303 g/mol. The molecule has 1 aromatic carbocycles. The van der Waals surface area contributed by atoms with E-state index in [0.717, 1.165) is 5.56 Å². The van der Waals surface area contributed by atoms with E-state index in [0.29, 0.717) is 17.4 Å². The van der Waals surface area contributed by atoms with Crippen molar-refractivity contribution in [1.82, 2.24) is 5.32 Å². The van der Waals surface area contributed by atoms with Crippen LogP contribution in [0.25, 0.3) is 0 Å². The van der Waals surface area contributed by atoms with Crippen LogP contribution in [0.4, 0.5) is 4.39 Å². The molecule has 0 bridgehead atoms. The smallest absolute Gasteiger partial charge is 0.239 e. The van der Waals surface area contributed by atoms with Gasteiger partial charge in [-0.25, -0.2) is 4.39 Å². The van der Waals surface area contributed by atoms with E-state index in [9.17, 15) is 9.18 Å². The van der Waals surface area contributed by atoms with E-state index in [4.69, 9.17) is 10.5 Å². The number of ether oxygens (including phenoxy) is 1. The number of nitrogens with one attached hydrogen (secondary N) is 1. The number of rotatable bonds is 6. The molecule has 0 spiro atoms. The van der Waals surface area contributed by atoms with Crippen LogP contribution in [0.2, 0.25) is 0 Å². The Hall–Kier alpha value is -0.980. The Morgan fingerprint density at radius 2 is 2.33 bits per heavy atom. The molecular formula is C12H16BrFN2O2. The lowest BCUT2D eigenvalue weighted by molar-refractivity contribution is -0.123. The van der Waals surface area contributed by atoms with Gasteiger partial charge in [-0.3, -0.25) is 4.79 Å². The zero-order chi connectivity index (χ0) is 13.5. The third-order valence-corrected chi connectivity index (χ3v) is 2.99. The number of hydrogen-bond acceptors (Lipinski definition) is 3. The van der Waals surface area contributed by atoms with E-state index in [-0.39, 0.29) is 18.3 Å². The minimum absolute atomic E-state index is 0.188. The molecule has 3 N–H and O–H groups in total. The molecule has 18 heavy (non-hydrogen) atoms. The van der Waals surface area contributed by atoms with E-state index in [1.165, 1.54) is 13.2 Å². The second-order valence-corrected chi connectivity index (χ2v) is 4.71. The Labute approximate surface area is 114 Å². The van der Waals surface area contributed by atoms with Crippen molar-refractivity contribution < 1.29 is 13.9 Å². The summed E-state index contributed by atoms with van der Waals surface area (Å²) in [5.74, 6) is -0.553. The molecule has 1 rings (SSSR count). The van der Waals surface area contributed by atoms with Gasteiger partial charge in [-0.15, -0.1) is 0 Å². The van der Waals surface area contributed by atoms with Crippen LogP contribution in [-0.4, -0.2) is 32.2 Å². The highest BCUT2D eigenvalue weighted by Gasteiger charge is 2.11. The Morgan fingerprint density at radius 1 is 1.61 bits per heavy atom. The molecule has 6 heteroatoms. The zero-order valence-corrected chi connectivity index (χ0v) is 11.7. The van der Waals surface area contributed by atoms with Gasteiger partial charge < -0.3 is 15.8 Å². The summed E-state index contributed by atoms with van der Waals surface area (Å²) < 4.78 is 18.2. The first-order valence-electron chi connectivity index (χ1n) is 5.50. The van der Waals surface area contributed by atoms with Crippen molar-refractivity contribution in [3.8, 4) is 0 Å². The highest BCUT2D eigenvalue weighted by atomic mass is 79.9. The van der Waals surface area contributed by atoms with Crippen LogP contribution in [0.15, 0.2) is 22.7 Å². The van der Waals surface area contributed by atoms with Gasteiger partial charge in [-0.2, -0.15) is 0 Å². The summed E-state index contributed by atoms with van der Waals surface area (Å²) in [4.78, 5) is 11.5. The lowest BCUT2D eigenvalue weighted by Gasteiger charge is -2.11. The van der Waals surface area contributed by atoms with Gasteiger partial charge in [-0.05, 0) is 40.0 Å². The third kappa shape index (κ3) is 4.72. The number of carbonyl (C=O) groups excluding carboxylic acids is 1. The van der Waals surface area contributed by atoms with Gasteiger partial charge in [0.15, 0.2) is 0 Å². The summed E-state index contributed by atoms with van der Waals surface area (Å²) >= 11 is 3.11. The van der Waals surface area contributed by atoms with Crippen molar-refractivity contribution in [1.29, 1.82) is 0 Å². The number of hydrogen-bond donors (Lipinski definition) is 2. The highest BCUT2D eigenvalue weighted by Crippen LogP contribution is 2.16. The molecule has 1 amide bonds. The van der Waals surface area contributed by atoms with Crippen LogP contribution < -0.4 is 11.1 Å². The molecule has 1 aromatic rings. The quantitative estimate of drug-likeness (QED) is 0.829. The summed E-state index contributed by atoms with van der Waals surface area (Å²) in [6.07, 6.45) is 0.615. The molecule has 0 heterocycles. The number of benzene rings is 1. The fourth-order valence-electron chi connectivity index (χ4n) is 1.41. The van der Waals surface area contributed by atoms with Gasteiger partial charge >= 0.3 is 0 Å². The molecule has 0 aromatic heterocycles. The summed E-state index contributed by atoms with van der Waals surface area (Å²) in [5, 5.41) is 2.70. The Kier molecular flexibility index (Phi) is 6.24. The van der Waals surface area contributed by atoms with Crippen molar-refractivity contribution in [2.45, 2.75) is 12.5 Å². The normalized spacial score (nSPS) is 12.2. The fourth-order valence-corrected chi connectivity index (χ4v) is 1.84. The van der Waals surface area contributed by atoms with Crippen molar-refractivity contribution in [3.05, 3.63) is 34.1 Å². The molecule has 0 saturated carbocycles. The maximum atomic E-state index is 13.0. The van der Waals surface area contributed by atoms with Gasteiger partial charge in [0.2, 0.25) is 5.91 Å². The highest BCUT2D eigenvalue weighted by molar-refractivity contribution is 9.10. The average Bonchev–Trinajstić information content (AvgIpc) is 2.34. The van der Waals surface area contributed by atoms with E-state index in [2.05, 4.69) is 21.2 Å². The molecule has 0 aliphatic rings. The first-order valence-corrected chi connectivity index (χ1v) is 6.30. The molecule has 4 nitrogen and oxygen atoms in total. The molecule has 0 aliphatic carbocycles. The third-order valence-electron chi connectivity index (χ3n) is 2.38. The summed E-state index contributed by atoms with van der Waals surface area (Å²) in [5.41, 5.74) is 6.49. The monoisotopic (exact) mass is 318 g/mol. The van der Waals surface area contributed by atoms with Crippen LogP contribution >= 0.6 is 15.9 Å². The average molecular weight is 319 g/mol. The van der Waals surface area contributed by atoms with Crippen LogP contribution in [0, 0.1) is 5.82 Å². The van der Waals surface area contributed by atoms with Crippen LogP contribution in [0.3, 0.4) is 0 Å². The van der Waals surface area contributed by atoms with E-state index < -0.39 is 6.04 Å². The van der Waals surface area contributed by atoms with E-state index >= 15 is 0 Å². The van der Waals surface area contributed by atoms with Gasteiger partial charge in [0, 0.05) is 13.7 Å². The molecule has 0 aliphatic heterocycles. The fraction of sp³-hybridized carbons (Fsp3) is 0.417. The summed E-state index contributed by atoms with van der Waals surface area (Å²) in [7, 11) is 1.49. The molecule has 1 unspecified atom stereocenters. The molecule has 1 atom stereocenters. The first-order chi connectivity index (χ1) is 8.54. The van der Waals surface area contributed by atoms with E-state index in [1.807, 2.05) is 0 Å². The number of methoxy groups -OCH3 is 1. The predicted molar refractivity (Wildman–Crippen MR) is 70.7 cm³/mol. The second-order valence-electron chi connectivity index (χ2n) is 3.85. The van der Waals surface area contributed by atoms with Crippen molar-refractivity contribution in [2.24, 2.45) is 5.73 Å². The molecule has 0 saturated heterocycles. The zero-order valence-electron chi connectivity index (χ0n) is 10.1. The van der Waals surface area contributed by atoms with Gasteiger partial charge in [0.1, 0.15) is 11.9 Å². The summed E-state index contributed by atoms with van der Waals surface area (Å²) in [6.45, 7) is 0.641. The largest absolute Gasteiger partial charge is 0.383 e. The van der Waals surface area contributed by atoms with E-state index in [1.54, 1.807) is 12.1 Å². The SMILES string of the molecule is COCC(N)C(=O)NCCc1ccc(F)c(Br)c1. The minimum Gasteiger partial charge on any atom is -0.383 e. The van der Waals surface area contributed by atoms with Gasteiger partial charge in [-0.1, -0.05) is 6.07 Å². The molecule has 100 valence electrons. The lowest BCUT2D eigenvalue weighted by Crippen LogP contribution is -2.44. The maximum Gasteiger partial charge on any atom is 0.239 e. The summed E-state index contributed by atoms with van der Waals surface area (Å²) in [6, 6.07) is 4.10. The second kappa shape index (κ2) is 7.45.